The second-order valence-corrected chi connectivity index (χ2v) is 8.65. The molecule has 8 heteroatoms. The van der Waals surface area contributed by atoms with Gasteiger partial charge in [0.25, 0.3) is 5.91 Å². The van der Waals surface area contributed by atoms with Crippen LogP contribution in [0.4, 0.5) is 0 Å². The van der Waals surface area contributed by atoms with Gasteiger partial charge in [0.15, 0.2) is 19.0 Å². The number of quaternary nitrogens is 2. The van der Waals surface area contributed by atoms with Crippen molar-refractivity contribution in [3.05, 3.63) is 35.1 Å². The Morgan fingerprint density at radius 1 is 1.19 bits per heavy atom. The summed E-state index contributed by atoms with van der Waals surface area (Å²) in [4.78, 5) is 19.4. The van der Waals surface area contributed by atoms with Gasteiger partial charge < -0.3 is 15.1 Å². The number of piperazine rings is 1. The highest BCUT2D eigenvalue weighted by Crippen LogP contribution is 2.13. The van der Waals surface area contributed by atoms with Gasteiger partial charge in [0.05, 0.1) is 0 Å². The van der Waals surface area contributed by atoms with Crippen molar-refractivity contribution >= 4 is 18.1 Å². The Morgan fingerprint density at radius 3 is 2.44 bits per heavy atom. The molecule has 2 heterocycles. The first-order valence-electron chi connectivity index (χ1n) is 9.50. The van der Waals surface area contributed by atoms with Crippen LogP contribution in [0.2, 0.25) is 0 Å². The fourth-order valence-corrected chi connectivity index (χ4v) is 3.60. The summed E-state index contributed by atoms with van der Waals surface area (Å²) in [7, 11) is 0. The first kappa shape index (κ1) is 19.7. The molecule has 1 aromatic heterocycles. The first-order valence-corrected chi connectivity index (χ1v) is 9.91. The SMILES string of the molecule is CC(C)(C)NC(=O)C[NH+]1CC[NH+](Cn2[nH]c(-c3ccccc3)nc2=S)CC1. The van der Waals surface area contributed by atoms with Gasteiger partial charge in [0, 0.05) is 11.1 Å². The minimum Gasteiger partial charge on any atom is -0.347 e. The minimum absolute atomic E-state index is 0.129. The number of nitrogens with one attached hydrogen (secondary N) is 4. The summed E-state index contributed by atoms with van der Waals surface area (Å²) >= 11 is 5.42. The highest BCUT2D eigenvalue weighted by Gasteiger charge is 2.26. The zero-order valence-corrected chi connectivity index (χ0v) is 17.2. The number of aromatic amines is 1. The molecule has 1 saturated heterocycles. The van der Waals surface area contributed by atoms with Crippen LogP contribution in [0, 0.1) is 4.77 Å². The molecule has 0 bridgehead atoms. The van der Waals surface area contributed by atoms with E-state index >= 15 is 0 Å². The Morgan fingerprint density at radius 2 is 1.81 bits per heavy atom. The summed E-state index contributed by atoms with van der Waals surface area (Å²) in [5.41, 5.74) is 0.869. The van der Waals surface area contributed by atoms with E-state index in [1.165, 1.54) is 9.80 Å². The number of nitrogens with zero attached hydrogens (tertiary/aromatic N) is 2. The molecule has 1 aromatic carbocycles. The van der Waals surface area contributed by atoms with E-state index in [0.717, 1.165) is 44.2 Å². The zero-order valence-electron chi connectivity index (χ0n) is 16.3. The number of amides is 1. The van der Waals surface area contributed by atoms with Crippen LogP contribution >= 0.6 is 12.2 Å². The highest BCUT2D eigenvalue weighted by atomic mass is 32.1. The predicted octanol–water partition coefficient (Wildman–Crippen LogP) is -0.737. The summed E-state index contributed by atoms with van der Waals surface area (Å²) in [5, 5.41) is 6.37. The van der Waals surface area contributed by atoms with Crippen LogP contribution in [0.25, 0.3) is 11.4 Å². The molecular weight excluding hydrogens is 360 g/mol. The molecule has 1 amide bonds. The van der Waals surface area contributed by atoms with Gasteiger partial charge in [-0.1, -0.05) is 30.3 Å². The summed E-state index contributed by atoms with van der Waals surface area (Å²) in [6, 6.07) is 10.0. The normalized spacial score (nSPS) is 20.4. The van der Waals surface area contributed by atoms with E-state index in [2.05, 4.69) is 15.4 Å². The van der Waals surface area contributed by atoms with Crippen molar-refractivity contribution in [2.45, 2.75) is 33.0 Å². The summed E-state index contributed by atoms with van der Waals surface area (Å²) in [6.07, 6.45) is 0. The van der Waals surface area contributed by atoms with Crippen LogP contribution in [0.3, 0.4) is 0 Å². The van der Waals surface area contributed by atoms with Gasteiger partial charge in [-0.3, -0.25) is 9.89 Å². The molecule has 0 atom stereocenters. The van der Waals surface area contributed by atoms with Crippen molar-refractivity contribution in [3.8, 4) is 11.4 Å². The van der Waals surface area contributed by atoms with Gasteiger partial charge in [0.1, 0.15) is 26.2 Å². The van der Waals surface area contributed by atoms with Crippen LogP contribution in [-0.4, -0.2) is 58.9 Å². The van der Waals surface area contributed by atoms with Crippen LogP contribution in [-0.2, 0) is 11.5 Å². The molecule has 3 rings (SSSR count). The van der Waals surface area contributed by atoms with E-state index in [-0.39, 0.29) is 11.4 Å². The lowest BCUT2D eigenvalue weighted by atomic mass is 10.1. The molecule has 2 aromatic rings. The second-order valence-electron chi connectivity index (χ2n) is 8.28. The van der Waals surface area contributed by atoms with E-state index in [1.807, 2.05) is 55.8 Å². The monoisotopic (exact) mass is 390 g/mol. The Balaban J connectivity index is 1.52. The lowest BCUT2D eigenvalue weighted by Crippen LogP contribution is -3.28. The zero-order chi connectivity index (χ0) is 19.4. The highest BCUT2D eigenvalue weighted by molar-refractivity contribution is 7.71. The maximum absolute atomic E-state index is 12.1. The molecule has 0 unspecified atom stereocenters. The number of rotatable bonds is 5. The molecule has 1 aliphatic heterocycles. The predicted molar refractivity (Wildman–Crippen MR) is 107 cm³/mol. The first-order chi connectivity index (χ1) is 12.8. The smallest absolute Gasteiger partial charge is 0.275 e. The van der Waals surface area contributed by atoms with E-state index in [1.54, 1.807) is 0 Å². The molecule has 0 saturated carbocycles. The van der Waals surface area contributed by atoms with Crippen molar-refractivity contribution in [2.24, 2.45) is 0 Å². The third-order valence-corrected chi connectivity index (χ3v) is 5.01. The Hall–Kier alpha value is -2.03. The average Bonchev–Trinajstić information content (AvgIpc) is 2.96. The molecule has 0 spiro atoms. The summed E-state index contributed by atoms with van der Waals surface area (Å²) < 4.78 is 2.53. The van der Waals surface area contributed by atoms with Crippen molar-refractivity contribution in [1.82, 2.24) is 20.1 Å². The van der Waals surface area contributed by atoms with Crippen LogP contribution in [0.15, 0.2) is 30.3 Å². The molecule has 146 valence electrons. The maximum atomic E-state index is 12.1. The van der Waals surface area contributed by atoms with Gasteiger partial charge in [-0.2, -0.15) is 4.98 Å². The van der Waals surface area contributed by atoms with Gasteiger partial charge in [0.2, 0.25) is 4.77 Å². The van der Waals surface area contributed by atoms with Crippen molar-refractivity contribution < 1.29 is 14.6 Å². The fourth-order valence-electron chi connectivity index (χ4n) is 3.39. The molecule has 0 aliphatic carbocycles. The van der Waals surface area contributed by atoms with Gasteiger partial charge >= 0.3 is 0 Å². The maximum Gasteiger partial charge on any atom is 0.275 e. The molecule has 1 fully saturated rings. The molecule has 4 N–H and O–H groups in total. The van der Waals surface area contributed by atoms with Crippen LogP contribution in [0.1, 0.15) is 20.8 Å². The number of aromatic nitrogens is 3. The quantitative estimate of drug-likeness (QED) is 0.509. The standard InChI is InChI=1S/C19H28N6OS/c1-19(2,3)21-16(26)13-23-9-11-24(12-10-23)14-25-18(27)20-17(22-25)15-7-5-4-6-8-15/h4-8H,9-14H2,1-3H3,(H,21,26)(H,20,22,27)/p+2. The largest absolute Gasteiger partial charge is 0.347 e. The lowest BCUT2D eigenvalue weighted by Gasteiger charge is -2.30. The number of hydrogen-bond acceptors (Lipinski definition) is 3. The molecule has 27 heavy (non-hydrogen) atoms. The van der Waals surface area contributed by atoms with Gasteiger partial charge in [-0.05, 0) is 33.0 Å². The number of carbonyl (C=O) groups is 1. The van der Waals surface area contributed by atoms with Crippen molar-refractivity contribution in [1.29, 1.82) is 0 Å². The number of benzene rings is 1. The summed E-state index contributed by atoms with van der Waals surface area (Å²) in [6.45, 7) is 11.4. The second kappa shape index (κ2) is 8.33. The Kier molecular flexibility index (Phi) is 6.08. The average molecular weight is 391 g/mol. The lowest BCUT2D eigenvalue weighted by molar-refractivity contribution is -1.02. The van der Waals surface area contributed by atoms with Gasteiger partial charge in [-0.15, -0.1) is 0 Å². The van der Waals surface area contributed by atoms with Crippen LogP contribution in [0.5, 0.6) is 0 Å². The van der Waals surface area contributed by atoms with Crippen molar-refractivity contribution in [3.63, 3.8) is 0 Å². The molecule has 7 nitrogen and oxygen atoms in total. The van der Waals surface area contributed by atoms with E-state index in [4.69, 9.17) is 12.2 Å². The Labute approximate surface area is 165 Å². The number of H-pyrrole nitrogens is 1. The Bertz CT molecular complexity index is 815. The topological polar surface area (TPSA) is 71.6 Å². The van der Waals surface area contributed by atoms with E-state index in [0.29, 0.717) is 11.3 Å². The number of carbonyl (C=O) groups excluding carboxylic acids is 1. The minimum atomic E-state index is -0.169. The number of hydrogen-bond donors (Lipinski definition) is 4. The fraction of sp³-hybridized carbons (Fsp3) is 0.526. The third kappa shape index (κ3) is 5.72. The molecule has 1 aliphatic rings. The third-order valence-electron chi connectivity index (χ3n) is 4.70. The van der Waals surface area contributed by atoms with E-state index in [9.17, 15) is 4.79 Å². The van der Waals surface area contributed by atoms with Crippen molar-refractivity contribution in [2.75, 3.05) is 32.7 Å². The molecule has 0 radical (unpaired) electrons. The molecular formula is C19H30N6OS+2. The summed E-state index contributed by atoms with van der Waals surface area (Å²) in [5.74, 6) is 0.937. The van der Waals surface area contributed by atoms with E-state index < -0.39 is 0 Å². The van der Waals surface area contributed by atoms with Gasteiger partial charge in [-0.25, -0.2) is 4.68 Å². The van der Waals surface area contributed by atoms with Crippen LogP contribution < -0.4 is 15.1 Å².